The summed E-state index contributed by atoms with van der Waals surface area (Å²) in [6.07, 6.45) is -1.23. The molecule has 0 aliphatic heterocycles. The maximum absolute atomic E-state index is 13.4. The molecule has 1 amide bonds. The van der Waals surface area contributed by atoms with E-state index in [4.69, 9.17) is 4.74 Å². The Balaban J connectivity index is 1.61. The molecule has 1 aromatic heterocycles. The van der Waals surface area contributed by atoms with Crippen LogP contribution >= 0.6 is 11.3 Å². The number of rotatable bonds is 7. The van der Waals surface area contributed by atoms with Gasteiger partial charge in [0.05, 0.1) is 11.3 Å². The minimum atomic E-state index is -3.05. The number of esters is 1. The summed E-state index contributed by atoms with van der Waals surface area (Å²) in [5, 5.41) is 4.14. The van der Waals surface area contributed by atoms with Crippen LogP contribution in [0, 0.1) is 11.6 Å². The zero-order valence-electron chi connectivity index (χ0n) is 15.8. The molecule has 1 heterocycles. The molecule has 162 valence electrons. The third-order valence-corrected chi connectivity index (χ3v) is 4.66. The number of nitrogens with one attached hydrogen (secondary N) is 1. The van der Waals surface area contributed by atoms with Crippen molar-refractivity contribution in [1.82, 2.24) is 4.98 Å². The van der Waals surface area contributed by atoms with E-state index < -0.39 is 36.2 Å². The number of hydrogen-bond donors (Lipinski definition) is 1. The largest absolute Gasteiger partial charge is 0.449 e. The number of aromatic nitrogens is 1. The lowest BCUT2D eigenvalue weighted by molar-refractivity contribution is -0.123. The number of hydrogen-bond acceptors (Lipinski definition) is 6. The molecule has 0 aliphatic carbocycles. The number of alkyl halides is 2. The Bertz CT molecular complexity index is 1110. The Morgan fingerprint density at radius 2 is 1.87 bits per heavy atom. The van der Waals surface area contributed by atoms with E-state index in [0.29, 0.717) is 11.3 Å². The maximum atomic E-state index is 13.4. The van der Waals surface area contributed by atoms with E-state index in [1.165, 1.54) is 36.6 Å². The molecule has 1 N–H and O–H groups in total. The van der Waals surface area contributed by atoms with E-state index in [1.807, 2.05) is 0 Å². The fraction of sp³-hybridized carbons (Fsp3) is 0.150. The van der Waals surface area contributed by atoms with Gasteiger partial charge in [0.2, 0.25) is 0 Å². The molecule has 0 saturated carbocycles. The number of halogens is 4. The van der Waals surface area contributed by atoms with Crippen LogP contribution in [0.25, 0.3) is 11.3 Å². The predicted octanol–water partition coefficient (Wildman–Crippen LogP) is 4.87. The number of amides is 1. The second-order valence-electron chi connectivity index (χ2n) is 6.11. The van der Waals surface area contributed by atoms with Crippen LogP contribution in [0.1, 0.15) is 17.3 Å². The summed E-state index contributed by atoms with van der Waals surface area (Å²) in [5.41, 5.74) is 0.563. The van der Waals surface area contributed by atoms with Gasteiger partial charge in [0.1, 0.15) is 5.75 Å². The first-order valence-electron chi connectivity index (χ1n) is 8.70. The number of nitrogens with zero attached hydrogens (tertiary/aromatic N) is 1. The van der Waals surface area contributed by atoms with Gasteiger partial charge < -0.3 is 9.47 Å². The van der Waals surface area contributed by atoms with E-state index in [-0.39, 0.29) is 16.4 Å². The van der Waals surface area contributed by atoms with Gasteiger partial charge in [0, 0.05) is 10.9 Å². The number of anilines is 1. The van der Waals surface area contributed by atoms with Crippen LogP contribution in [-0.2, 0) is 9.53 Å². The van der Waals surface area contributed by atoms with Crippen LogP contribution in [0.3, 0.4) is 0 Å². The molecule has 1 atom stereocenters. The SMILES string of the molecule is C[C@@H](OC(=O)c1cccc(OC(F)F)c1)C(=O)Nc1nc(-c2ccc(F)c(F)c2)cs1. The summed E-state index contributed by atoms with van der Waals surface area (Å²) in [6.45, 7) is -1.73. The highest BCUT2D eigenvalue weighted by Gasteiger charge is 2.21. The van der Waals surface area contributed by atoms with Gasteiger partial charge in [0.15, 0.2) is 22.9 Å². The molecule has 0 radical (unpaired) electrons. The highest BCUT2D eigenvalue weighted by atomic mass is 32.1. The van der Waals surface area contributed by atoms with E-state index >= 15 is 0 Å². The van der Waals surface area contributed by atoms with E-state index in [2.05, 4.69) is 15.0 Å². The summed E-state index contributed by atoms with van der Waals surface area (Å²) < 4.78 is 60.3. The third-order valence-electron chi connectivity index (χ3n) is 3.90. The average Bonchev–Trinajstić information content (AvgIpc) is 3.18. The highest BCUT2D eigenvalue weighted by molar-refractivity contribution is 7.14. The highest BCUT2D eigenvalue weighted by Crippen LogP contribution is 2.26. The number of carbonyl (C=O) groups is 2. The first kappa shape index (κ1) is 22.2. The summed E-state index contributed by atoms with van der Waals surface area (Å²) in [6, 6.07) is 8.24. The molecule has 0 aliphatic rings. The van der Waals surface area contributed by atoms with Crippen LogP contribution < -0.4 is 10.1 Å². The molecule has 31 heavy (non-hydrogen) atoms. The maximum Gasteiger partial charge on any atom is 0.387 e. The fourth-order valence-electron chi connectivity index (χ4n) is 2.41. The Kier molecular flexibility index (Phi) is 6.85. The van der Waals surface area contributed by atoms with Crippen molar-refractivity contribution in [2.24, 2.45) is 0 Å². The van der Waals surface area contributed by atoms with Gasteiger partial charge in [-0.15, -0.1) is 11.3 Å². The van der Waals surface area contributed by atoms with Crippen LogP contribution in [-0.4, -0.2) is 29.6 Å². The minimum absolute atomic E-state index is 0.0762. The van der Waals surface area contributed by atoms with Gasteiger partial charge >= 0.3 is 12.6 Å². The van der Waals surface area contributed by atoms with Crippen molar-refractivity contribution < 1.29 is 36.6 Å². The molecule has 0 bridgehead atoms. The minimum Gasteiger partial charge on any atom is -0.449 e. The molecular formula is C20H14F4N2O4S. The van der Waals surface area contributed by atoms with E-state index in [0.717, 1.165) is 29.5 Å². The molecular weight excluding hydrogens is 440 g/mol. The predicted molar refractivity (Wildman–Crippen MR) is 104 cm³/mol. The molecule has 0 fully saturated rings. The first-order valence-corrected chi connectivity index (χ1v) is 9.58. The van der Waals surface area contributed by atoms with E-state index in [9.17, 15) is 27.2 Å². The average molecular weight is 454 g/mol. The van der Waals surface area contributed by atoms with Crippen molar-refractivity contribution in [2.75, 3.05) is 5.32 Å². The number of benzene rings is 2. The van der Waals surface area contributed by atoms with Gasteiger partial charge in [-0.1, -0.05) is 6.07 Å². The molecule has 2 aromatic carbocycles. The molecule has 6 nitrogen and oxygen atoms in total. The quantitative estimate of drug-likeness (QED) is 0.407. The van der Waals surface area contributed by atoms with Crippen LogP contribution in [0.15, 0.2) is 47.8 Å². The van der Waals surface area contributed by atoms with Crippen molar-refractivity contribution in [3.05, 3.63) is 65.0 Å². The lowest BCUT2D eigenvalue weighted by atomic mass is 10.2. The Hall–Kier alpha value is -3.47. The van der Waals surface area contributed by atoms with Gasteiger partial charge in [-0.3, -0.25) is 10.1 Å². The number of thiazole rings is 1. The summed E-state index contributed by atoms with van der Waals surface area (Å²) in [7, 11) is 0. The van der Waals surface area contributed by atoms with Gasteiger partial charge in [-0.2, -0.15) is 8.78 Å². The molecule has 0 unspecified atom stereocenters. The van der Waals surface area contributed by atoms with Crippen molar-refractivity contribution in [3.8, 4) is 17.0 Å². The van der Waals surface area contributed by atoms with Crippen LogP contribution in [0.4, 0.5) is 22.7 Å². The van der Waals surface area contributed by atoms with Crippen molar-refractivity contribution in [1.29, 1.82) is 0 Å². The summed E-state index contributed by atoms with van der Waals surface area (Å²) in [5.74, 6) is -3.85. The zero-order chi connectivity index (χ0) is 22.5. The summed E-state index contributed by atoms with van der Waals surface area (Å²) in [4.78, 5) is 28.6. The Labute approximate surface area is 177 Å². The summed E-state index contributed by atoms with van der Waals surface area (Å²) >= 11 is 1.04. The lowest BCUT2D eigenvalue weighted by Gasteiger charge is -2.13. The third kappa shape index (κ3) is 5.79. The van der Waals surface area contributed by atoms with Gasteiger partial charge in [-0.05, 0) is 43.3 Å². The molecule has 0 saturated heterocycles. The standard InChI is InChI=1S/C20H14F4N2O4S/c1-10(29-18(28)12-3-2-4-13(7-12)30-19(23)24)17(27)26-20-25-16(9-31-20)11-5-6-14(21)15(22)8-11/h2-10,19H,1H3,(H,25,26,27)/t10-/m1/s1. The van der Waals surface area contributed by atoms with Crippen LogP contribution in [0.2, 0.25) is 0 Å². The Morgan fingerprint density at radius 3 is 2.58 bits per heavy atom. The molecule has 0 spiro atoms. The first-order chi connectivity index (χ1) is 14.7. The van der Waals surface area contributed by atoms with Gasteiger partial charge in [0.25, 0.3) is 5.91 Å². The lowest BCUT2D eigenvalue weighted by Crippen LogP contribution is -2.30. The second kappa shape index (κ2) is 9.56. The van der Waals surface area contributed by atoms with Gasteiger partial charge in [-0.25, -0.2) is 18.6 Å². The smallest absolute Gasteiger partial charge is 0.387 e. The molecule has 3 rings (SSSR count). The number of carbonyl (C=O) groups excluding carboxylic acids is 2. The zero-order valence-corrected chi connectivity index (χ0v) is 16.6. The Morgan fingerprint density at radius 1 is 1.10 bits per heavy atom. The normalized spacial score (nSPS) is 11.8. The topological polar surface area (TPSA) is 77.5 Å². The fourth-order valence-corrected chi connectivity index (χ4v) is 3.13. The number of ether oxygens (including phenoxy) is 2. The second-order valence-corrected chi connectivity index (χ2v) is 6.97. The molecule has 3 aromatic rings. The monoisotopic (exact) mass is 454 g/mol. The molecule has 11 heteroatoms. The van der Waals surface area contributed by atoms with Crippen molar-refractivity contribution >= 4 is 28.3 Å². The van der Waals surface area contributed by atoms with Crippen LogP contribution in [0.5, 0.6) is 5.75 Å². The van der Waals surface area contributed by atoms with Crippen molar-refractivity contribution in [3.63, 3.8) is 0 Å². The van der Waals surface area contributed by atoms with E-state index in [1.54, 1.807) is 0 Å². The van der Waals surface area contributed by atoms with Crippen molar-refractivity contribution in [2.45, 2.75) is 19.6 Å².